The molecule has 0 saturated carbocycles. The van der Waals surface area contributed by atoms with E-state index < -0.39 is 0 Å². The van der Waals surface area contributed by atoms with Gasteiger partial charge in [-0.25, -0.2) is 4.39 Å². The first kappa shape index (κ1) is 15.2. The topological polar surface area (TPSA) is 58.2 Å². The highest BCUT2D eigenvalue weighted by atomic mass is 32.1. The maximum atomic E-state index is 13.7. The van der Waals surface area contributed by atoms with Crippen molar-refractivity contribution in [2.24, 2.45) is 0 Å². The van der Waals surface area contributed by atoms with Gasteiger partial charge >= 0.3 is 0 Å². The number of hydrogen-bond donors (Lipinski definition) is 2. The number of thiophene rings is 1. The van der Waals surface area contributed by atoms with Gasteiger partial charge in [-0.3, -0.25) is 9.59 Å². The Balaban J connectivity index is 1.77. The number of nitrogens with one attached hydrogen (secondary N) is 2. The molecule has 0 aliphatic carbocycles. The van der Waals surface area contributed by atoms with Gasteiger partial charge in [0.2, 0.25) is 5.91 Å². The first-order valence-corrected chi connectivity index (χ1v) is 7.71. The van der Waals surface area contributed by atoms with E-state index in [1.54, 1.807) is 42.5 Å². The molecule has 0 spiro atoms. The lowest BCUT2D eigenvalue weighted by Crippen LogP contribution is -2.10. The van der Waals surface area contributed by atoms with Crippen molar-refractivity contribution in [3.63, 3.8) is 0 Å². The van der Waals surface area contributed by atoms with Crippen LogP contribution in [0.3, 0.4) is 0 Å². The van der Waals surface area contributed by atoms with Gasteiger partial charge < -0.3 is 10.6 Å². The fourth-order valence-electron chi connectivity index (χ4n) is 2.17. The zero-order chi connectivity index (χ0) is 16.4. The van der Waals surface area contributed by atoms with Crippen LogP contribution in [0.2, 0.25) is 0 Å². The molecule has 3 rings (SSSR count). The summed E-state index contributed by atoms with van der Waals surface area (Å²) in [6, 6.07) is 13.1. The number of benzene rings is 2. The van der Waals surface area contributed by atoms with Crippen LogP contribution >= 0.6 is 11.3 Å². The molecule has 2 amide bonds. The van der Waals surface area contributed by atoms with E-state index >= 15 is 0 Å². The fraction of sp³-hybridized carbons (Fsp3) is 0.0588. The van der Waals surface area contributed by atoms with Crippen molar-refractivity contribution in [3.05, 3.63) is 59.2 Å². The number of hydrogen-bond acceptors (Lipinski definition) is 3. The number of halogens is 1. The van der Waals surface area contributed by atoms with Crippen molar-refractivity contribution in [1.82, 2.24) is 0 Å². The van der Waals surface area contributed by atoms with Gasteiger partial charge in [0, 0.05) is 28.4 Å². The summed E-state index contributed by atoms with van der Waals surface area (Å²) in [7, 11) is 0. The number of fused-ring (bicyclic) bond motifs is 1. The first-order chi connectivity index (χ1) is 11.0. The molecule has 0 bridgehead atoms. The van der Waals surface area contributed by atoms with Crippen molar-refractivity contribution >= 4 is 44.6 Å². The molecule has 0 atom stereocenters. The molecule has 23 heavy (non-hydrogen) atoms. The summed E-state index contributed by atoms with van der Waals surface area (Å²) in [5.41, 5.74) is 1.25. The highest BCUT2D eigenvalue weighted by Gasteiger charge is 2.12. The van der Waals surface area contributed by atoms with E-state index in [1.807, 2.05) is 0 Å². The Bertz CT molecular complexity index is 887. The predicted octanol–water partition coefficient (Wildman–Crippen LogP) is 4.25. The molecule has 3 aromatic rings. The Morgan fingerprint density at radius 3 is 2.26 bits per heavy atom. The Hall–Kier alpha value is -2.73. The highest BCUT2D eigenvalue weighted by Crippen LogP contribution is 2.28. The number of carbonyl (C=O) groups is 2. The minimum absolute atomic E-state index is 0.158. The molecule has 4 nitrogen and oxygen atoms in total. The van der Waals surface area contributed by atoms with E-state index in [4.69, 9.17) is 0 Å². The van der Waals surface area contributed by atoms with Gasteiger partial charge in [0.15, 0.2) is 0 Å². The van der Waals surface area contributed by atoms with Gasteiger partial charge in [0.1, 0.15) is 5.82 Å². The summed E-state index contributed by atoms with van der Waals surface area (Å²) in [6.07, 6.45) is 0. The van der Waals surface area contributed by atoms with Crippen LogP contribution in [0.4, 0.5) is 15.8 Å². The minimum Gasteiger partial charge on any atom is -0.326 e. The molecule has 6 heteroatoms. The van der Waals surface area contributed by atoms with Gasteiger partial charge in [0.25, 0.3) is 5.91 Å². The van der Waals surface area contributed by atoms with Crippen LogP contribution in [-0.4, -0.2) is 11.8 Å². The number of carbonyl (C=O) groups excluding carboxylic acids is 2. The second-order valence-electron chi connectivity index (χ2n) is 4.97. The largest absolute Gasteiger partial charge is 0.326 e. The molecule has 1 heterocycles. The third-order valence-corrected chi connectivity index (χ3v) is 4.29. The molecule has 0 unspecified atom stereocenters. The molecular formula is C17H13FN2O2S. The Labute approximate surface area is 135 Å². The molecule has 0 fully saturated rings. The first-order valence-electron chi connectivity index (χ1n) is 6.90. The second-order valence-corrected chi connectivity index (χ2v) is 6.06. The Morgan fingerprint density at radius 2 is 1.65 bits per heavy atom. The molecule has 1 aromatic heterocycles. The summed E-state index contributed by atoms with van der Waals surface area (Å²) in [5, 5.41) is 5.85. The fourth-order valence-corrected chi connectivity index (χ4v) is 3.14. The summed E-state index contributed by atoms with van der Waals surface area (Å²) in [4.78, 5) is 23.7. The highest BCUT2D eigenvalue weighted by molar-refractivity contribution is 7.20. The van der Waals surface area contributed by atoms with Crippen LogP contribution in [-0.2, 0) is 4.79 Å². The van der Waals surface area contributed by atoms with Crippen LogP contribution in [0.1, 0.15) is 16.6 Å². The van der Waals surface area contributed by atoms with Gasteiger partial charge in [-0.15, -0.1) is 11.3 Å². The summed E-state index contributed by atoms with van der Waals surface area (Å²) < 4.78 is 14.4. The second kappa shape index (κ2) is 6.18. The molecule has 0 aliphatic heterocycles. The van der Waals surface area contributed by atoms with Crippen LogP contribution < -0.4 is 10.6 Å². The van der Waals surface area contributed by atoms with E-state index in [0.29, 0.717) is 21.6 Å². The lowest BCUT2D eigenvalue weighted by atomic mass is 10.2. The number of amides is 2. The van der Waals surface area contributed by atoms with Gasteiger partial charge in [-0.05, 0) is 42.5 Å². The zero-order valence-electron chi connectivity index (χ0n) is 12.2. The van der Waals surface area contributed by atoms with E-state index in [0.717, 1.165) is 4.70 Å². The van der Waals surface area contributed by atoms with Gasteiger partial charge in [0.05, 0.1) is 4.88 Å². The van der Waals surface area contributed by atoms with Crippen molar-refractivity contribution in [1.29, 1.82) is 0 Å². The molecular weight excluding hydrogens is 315 g/mol. The summed E-state index contributed by atoms with van der Waals surface area (Å²) in [6.45, 7) is 1.43. The zero-order valence-corrected chi connectivity index (χ0v) is 13.0. The maximum absolute atomic E-state index is 13.7. The monoisotopic (exact) mass is 328 g/mol. The number of rotatable bonds is 3. The molecule has 116 valence electrons. The van der Waals surface area contributed by atoms with E-state index in [9.17, 15) is 14.0 Å². The smallest absolute Gasteiger partial charge is 0.265 e. The standard InChI is InChI=1S/C17H13FN2O2S/c1-10(21)19-11-5-7-12(8-6-11)20-17(22)16-9-13-14(18)3-2-4-15(13)23-16/h2-9H,1H3,(H,19,21)(H,20,22). The van der Waals surface area contributed by atoms with Gasteiger partial charge in [-0.1, -0.05) is 6.07 Å². The average molecular weight is 328 g/mol. The summed E-state index contributed by atoms with van der Waals surface area (Å²) >= 11 is 1.24. The van der Waals surface area contributed by atoms with Crippen LogP contribution in [0, 0.1) is 5.82 Å². The van der Waals surface area contributed by atoms with Gasteiger partial charge in [-0.2, -0.15) is 0 Å². The maximum Gasteiger partial charge on any atom is 0.265 e. The number of anilines is 2. The van der Waals surface area contributed by atoms with E-state index in [-0.39, 0.29) is 17.6 Å². The normalized spacial score (nSPS) is 10.5. The third kappa shape index (κ3) is 3.37. The van der Waals surface area contributed by atoms with Crippen molar-refractivity contribution < 1.29 is 14.0 Å². The van der Waals surface area contributed by atoms with Crippen LogP contribution in [0.15, 0.2) is 48.5 Å². The van der Waals surface area contributed by atoms with E-state index in [2.05, 4.69) is 10.6 Å². The predicted molar refractivity (Wildman–Crippen MR) is 90.5 cm³/mol. The quantitative estimate of drug-likeness (QED) is 0.755. The Morgan fingerprint density at radius 1 is 1.00 bits per heavy atom. The average Bonchev–Trinajstić information content (AvgIpc) is 2.94. The van der Waals surface area contributed by atoms with Crippen molar-refractivity contribution in [2.75, 3.05) is 10.6 Å². The lowest BCUT2D eigenvalue weighted by molar-refractivity contribution is -0.114. The summed E-state index contributed by atoms with van der Waals surface area (Å²) in [5.74, 6) is -0.788. The molecule has 2 N–H and O–H groups in total. The molecule has 2 aromatic carbocycles. The molecule has 0 aliphatic rings. The van der Waals surface area contributed by atoms with Crippen LogP contribution in [0.5, 0.6) is 0 Å². The third-order valence-electron chi connectivity index (χ3n) is 3.20. The van der Waals surface area contributed by atoms with E-state index in [1.165, 1.54) is 24.3 Å². The SMILES string of the molecule is CC(=O)Nc1ccc(NC(=O)c2cc3c(F)cccc3s2)cc1. The Kier molecular flexibility index (Phi) is 4.08. The molecule has 0 saturated heterocycles. The minimum atomic E-state index is -0.336. The van der Waals surface area contributed by atoms with Crippen LogP contribution in [0.25, 0.3) is 10.1 Å². The van der Waals surface area contributed by atoms with Crippen molar-refractivity contribution in [2.45, 2.75) is 6.92 Å². The van der Waals surface area contributed by atoms with Crippen molar-refractivity contribution in [3.8, 4) is 0 Å². The lowest BCUT2D eigenvalue weighted by Gasteiger charge is -2.05. The molecule has 0 radical (unpaired) electrons.